The molecule has 7 heteroatoms. The number of benzene rings is 1. The van der Waals surface area contributed by atoms with Gasteiger partial charge in [-0.15, -0.1) is 0 Å². The average molecular weight is 278 g/mol. The first kappa shape index (κ1) is 15.4. The van der Waals surface area contributed by atoms with E-state index in [9.17, 15) is 22.4 Å². The third kappa shape index (κ3) is 4.86. The summed E-state index contributed by atoms with van der Waals surface area (Å²) >= 11 is 0. The zero-order valence-corrected chi connectivity index (χ0v) is 10.5. The second-order valence-corrected chi connectivity index (χ2v) is 4.25. The molecule has 0 aromatic heterocycles. The normalized spacial score (nSPS) is 13.4. The van der Waals surface area contributed by atoms with Crippen molar-refractivity contribution in [2.24, 2.45) is 0 Å². The van der Waals surface area contributed by atoms with Crippen LogP contribution in [0.3, 0.4) is 0 Å². The summed E-state index contributed by atoms with van der Waals surface area (Å²) < 4.78 is 49.3. The molecule has 0 aliphatic rings. The molecule has 0 unspecified atom stereocenters. The van der Waals surface area contributed by atoms with E-state index in [2.05, 4.69) is 0 Å². The van der Waals surface area contributed by atoms with E-state index in [0.29, 0.717) is 5.56 Å². The molecule has 0 spiro atoms. The highest BCUT2D eigenvalue weighted by atomic mass is 19.4. The molecule has 1 aromatic carbocycles. The van der Waals surface area contributed by atoms with Crippen LogP contribution in [0.1, 0.15) is 11.6 Å². The van der Waals surface area contributed by atoms with Crippen LogP contribution in [0.4, 0.5) is 17.6 Å². The summed E-state index contributed by atoms with van der Waals surface area (Å²) in [4.78, 5) is 13.2. The number of likely N-dealkylation sites (N-methyl/N-ethyl adjacent to an activating group) is 1. The van der Waals surface area contributed by atoms with Crippen molar-refractivity contribution in [3.8, 4) is 0 Å². The van der Waals surface area contributed by atoms with Crippen LogP contribution in [-0.2, 0) is 4.79 Å². The van der Waals surface area contributed by atoms with Gasteiger partial charge in [0.2, 0.25) is 5.91 Å². The fourth-order valence-electron chi connectivity index (χ4n) is 1.64. The maximum absolute atomic E-state index is 13.1. The number of alkyl halides is 3. The third-order valence-electron chi connectivity index (χ3n) is 2.39. The van der Waals surface area contributed by atoms with Crippen molar-refractivity contribution in [1.29, 1.82) is 0 Å². The first-order chi connectivity index (χ1) is 8.70. The molecule has 1 amide bonds. The van der Waals surface area contributed by atoms with Gasteiger partial charge in [0.25, 0.3) is 0 Å². The minimum absolute atomic E-state index is 0.296. The summed E-state index contributed by atoms with van der Waals surface area (Å²) in [5.41, 5.74) is 0.296. The Hall–Kier alpha value is -1.63. The fraction of sp³-hybridized carbons (Fsp3) is 0.417. The predicted octanol–water partition coefficient (Wildman–Crippen LogP) is 2.11. The van der Waals surface area contributed by atoms with Gasteiger partial charge in [0.15, 0.2) is 0 Å². The van der Waals surface area contributed by atoms with E-state index >= 15 is 0 Å². The van der Waals surface area contributed by atoms with Crippen molar-refractivity contribution < 1.29 is 22.4 Å². The van der Waals surface area contributed by atoms with Crippen molar-refractivity contribution in [3.05, 3.63) is 35.6 Å². The van der Waals surface area contributed by atoms with E-state index < -0.39 is 30.5 Å². The Kier molecular flexibility index (Phi) is 4.88. The van der Waals surface area contributed by atoms with Gasteiger partial charge in [-0.3, -0.25) is 9.69 Å². The highest BCUT2D eigenvalue weighted by Gasteiger charge is 2.30. The number of hydrogen-bond donors (Lipinski definition) is 1. The quantitative estimate of drug-likeness (QED) is 0.855. The van der Waals surface area contributed by atoms with E-state index in [0.717, 1.165) is 6.07 Å². The van der Waals surface area contributed by atoms with Gasteiger partial charge in [0.1, 0.15) is 18.4 Å². The maximum Gasteiger partial charge on any atom is 0.405 e. The summed E-state index contributed by atoms with van der Waals surface area (Å²) in [6.45, 7) is -1.41. The monoisotopic (exact) mass is 278 g/mol. The van der Waals surface area contributed by atoms with E-state index in [-0.39, 0.29) is 0 Å². The van der Waals surface area contributed by atoms with Gasteiger partial charge >= 0.3 is 6.18 Å². The minimum atomic E-state index is -4.48. The van der Waals surface area contributed by atoms with Gasteiger partial charge in [-0.1, -0.05) is 12.1 Å². The lowest BCUT2D eigenvalue weighted by atomic mass is 10.1. The van der Waals surface area contributed by atoms with Gasteiger partial charge in [0, 0.05) is 0 Å². The van der Waals surface area contributed by atoms with Crippen molar-refractivity contribution in [2.45, 2.75) is 12.2 Å². The Balaban J connectivity index is 2.86. The SMILES string of the molecule is CN(C)[C@H](C(=O)NCC(F)(F)F)c1cccc(F)c1. The number of amides is 1. The van der Waals surface area contributed by atoms with Crippen molar-refractivity contribution in [1.82, 2.24) is 10.2 Å². The van der Waals surface area contributed by atoms with Gasteiger partial charge < -0.3 is 5.32 Å². The molecular weight excluding hydrogens is 264 g/mol. The standard InChI is InChI=1S/C12H14F4N2O/c1-18(2)10(8-4-3-5-9(13)6-8)11(19)17-7-12(14,15)16/h3-6,10H,7H2,1-2H3,(H,17,19)/t10-/m0/s1. The first-order valence-corrected chi connectivity index (χ1v) is 5.47. The molecule has 0 aliphatic carbocycles. The van der Waals surface area contributed by atoms with Gasteiger partial charge in [0.05, 0.1) is 0 Å². The number of hydrogen-bond acceptors (Lipinski definition) is 2. The zero-order chi connectivity index (χ0) is 14.6. The van der Waals surface area contributed by atoms with Crippen LogP contribution < -0.4 is 5.32 Å². The first-order valence-electron chi connectivity index (χ1n) is 5.47. The van der Waals surface area contributed by atoms with Crippen LogP contribution in [0, 0.1) is 5.82 Å². The molecular formula is C12H14F4N2O. The van der Waals surface area contributed by atoms with Crippen molar-refractivity contribution in [3.63, 3.8) is 0 Å². The number of rotatable bonds is 4. The average Bonchev–Trinajstić information content (AvgIpc) is 2.25. The van der Waals surface area contributed by atoms with Crippen LogP contribution in [0.15, 0.2) is 24.3 Å². The maximum atomic E-state index is 13.1. The molecule has 0 fully saturated rings. The number of nitrogens with zero attached hydrogens (tertiary/aromatic N) is 1. The van der Waals surface area contributed by atoms with Crippen LogP contribution >= 0.6 is 0 Å². The summed E-state index contributed by atoms with van der Waals surface area (Å²) in [5.74, 6) is -1.37. The molecule has 0 saturated heterocycles. The lowest BCUT2D eigenvalue weighted by Gasteiger charge is -2.24. The molecule has 0 bridgehead atoms. The zero-order valence-electron chi connectivity index (χ0n) is 10.5. The Morgan fingerprint density at radius 3 is 2.47 bits per heavy atom. The molecule has 0 heterocycles. The number of halogens is 4. The molecule has 1 atom stereocenters. The van der Waals surface area contributed by atoms with Gasteiger partial charge in [-0.05, 0) is 31.8 Å². The second-order valence-electron chi connectivity index (χ2n) is 4.25. The highest BCUT2D eigenvalue weighted by molar-refractivity contribution is 5.83. The summed E-state index contributed by atoms with van der Waals surface area (Å²) in [6.07, 6.45) is -4.48. The minimum Gasteiger partial charge on any atom is -0.345 e. The van der Waals surface area contributed by atoms with Crippen molar-refractivity contribution >= 4 is 5.91 Å². The van der Waals surface area contributed by atoms with E-state index in [1.807, 2.05) is 0 Å². The largest absolute Gasteiger partial charge is 0.405 e. The van der Waals surface area contributed by atoms with Crippen LogP contribution in [0.25, 0.3) is 0 Å². The van der Waals surface area contributed by atoms with Gasteiger partial charge in [-0.2, -0.15) is 13.2 Å². The van der Waals surface area contributed by atoms with E-state index in [4.69, 9.17) is 0 Å². The second kappa shape index (κ2) is 6.01. The number of carbonyl (C=O) groups is 1. The Bertz CT molecular complexity index is 446. The van der Waals surface area contributed by atoms with Crippen LogP contribution in [-0.4, -0.2) is 37.6 Å². The topological polar surface area (TPSA) is 32.3 Å². The molecule has 1 aromatic rings. The molecule has 19 heavy (non-hydrogen) atoms. The Labute approximate surface area is 108 Å². The van der Waals surface area contributed by atoms with Crippen LogP contribution in [0.5, 0.6) is 0 Å². The highest BCUT2D eigenvalue weighted by Crippen LogP contribution is 2.20. The molecule has 106 valence electrons. The summed E-state index contributed by atoms with van der Waals surface area (Å²) in [6, 6.07) is 4.24. The molecule has 0 radical (unpaired) electrons. The smallest absolute Gasteiger partial charge is 0.345 e. The molecule has 1 N–H and O–H groups in total. The number of carbonyl (C=O) groups excluding carboxylic acids is 1. The predicted molar refractivity (Wildman–Crippen MR) is 61.9 cm³/mol. The summed E-state index contributed by atoms with van der Waals surface area (Å²) in [7, 11) is 3.06. The van der Waals surface area contributed by atoms with E-state index in [1.54, 1.807) is 5.32 Å². The fourth-order valence-corrected chi connectivity index (χ4v) is 1.64. The Morgan fingerprint density at radius 2 is 2.00 bits per heavy atom. The van der Waals surface area contributed by atoms with E-state index in [1.165, 1.54) is 37.2 Å². The summed E-state index contributed by atoms with van der Waals surface area (Å²) in [5, 5.41) is 1.79. The lowest BCUT2D eigenvalue weighted by molar-refractivity contribution is -0.141. The Morgan fingerprint density at radius 1 is 1.37 bits per heavy atom. The molecule has 3 nitrogen and oxygen atoms in total. The number of nitrogens with one attached hydrogen (secondary N) is 1. The van der Waals surface area contributed by atoms with Crippen LogP contribution in [0.2, 0.25) is 0 Å². The molecule has 1 rings (SSSR count). The molecule has 0 saturated carbocycles. The third-order valence-corrected chi connectivity index (χ3v) is 2.39. The van der Waals surface area contributed by atoms with Crippen molar-refractivity contribution in [2.75, 3.05) is 20.6 Å². The van der Waals surface area contributed by atoms with Gasteiger partial charge in [-0.25, -0.2) is 4.39 Å². The lowest BCUT2D eigenvalue weighted by Crippen LogP contribution is -2.41. The molecule has 0 aliphatic heterocycles.